The van der Waals surface area contributed by atoms with Crippen LogP contribution in [0.5, 0.6) is 5.75 Å². The van der Waals surface area contributed by atoms with E-state index in [9.17, 15) is 4.79 Å². The molecule has 0 radical (unpaired) electrons. The fourth-order valence-electron chi connectivity index (χ4n) is 2.74. The molecule has 1 saturated heterocycles. The summed E-state index contributed by atoms with van der Waals surface area (Å²) in [6.07, 6.45) is 4.65. The molecule has 1 amide bonds. The lowest BCUT2D eigenvalue weighted by Gasteiger charge is -2.11. The first-order valence-corrected chi connectivity index (χ1v) is 8.65. The summed E-state index contributed by atoms with van der Waals surface area (Å²) in [4.78, 5) is 16.6. The molecule has 0 saturated carbocycles. The van der Waals surface area contributed by atoms with Crippen LogP contribution in [-0.4, -0.2) is 31.9 Å². The van der Waals surface area contributed by atoms with Crippen LogP contribution in [0.1, 0.15) is 32.8 Å². The minimum Gasteiger partial charge on any atom is -0.494 e. The van der Waals surface area contributed by atoms with Gasteiger partial charge < -0.3 is 15.4 Å². The monoisotopic (exact) mass is 341 g/mol. The van der Waals surface area contributed by atoms with Crippen LogP contribution < -0.4 is 15.4 Å². The first kappa shape index (κ1) is 18.8. The predicted molar refractivity (Wildman–Crippen MR) is 103 cm³/mol. The van der Waals surface area contributed by atoms with Crippen LogP contribution >= 0.6 is 0 Å². The molecule has 0 aromatic heterocycles. The highest BCUT2D eigenvalue weighted by Gasteiger charge is 2.25. The normalized spacial score (nSPS) is 19.7. The number of rotatable bonds is 5. The number of carbonyl (C=O) groups is 1. The van der Waals surface area contributed by atoms with Crippen molar-refractivity contribution >= 4 is 17.3 Å². The average Bonchev–Trinajstić information content (AvgIpc) is 3.11. The molecule has 134 valence electrons. The molecule has 0 spiro atoms. The second-order valence-corrected chi connectivity index (χ2v) is 5.98. The standard InChI is InChI=1S/C20H27N3O2/c1-5-17-11-16(13-22-17)20(24)23-19(21-4)10-14(3)15-8-7-9-18(12-15)25-6-2/h5,7-10,12,16,22H,6,11,13H2,1-4H3,(H,21,23,24)/b14-10+,17-5+. The zero-order chi connectivity index (χ0) is 18.2. The third-order valence-corrected chi connectivity index (χ3v) is 4.21. The number of aliphatic imine (C=N–C) groups is 1. The molecule has 25 heavy (non-hydrogen) atoms. The fourth-order valence-corrected chi connectivity index (χ4v) is 2.74. The molecule has 5 heteroatoms. The van der Waals surface area contributed by atoms with Crippen LogP contribution in [0.15, 0.2) is 47.1 Å². The minimum atomic E-state index is -0.0575. The van der Waals surface area contributed by atoms with Gasteiger partial charge in [-0.1, -0.05) is 18.2 Å². The van der Waals surface area contributed by atoms with E-state index in [-0.39, 0.29) is 11.8 Å². The van der Waals surface area contributed by atoms with Gasteiger partial charge in [0.05, 0.1) is 12.5 Å². The summed E-state index contributed by atoms with van der Waals surface area (Å²) in [6.45, 7) is 7.24. The van der Waals surface area contributed by atoms with Crippen molar-refractivity contribution in [1.82, 2.24) is 10.6 Å². The van der Waals surface area contributed by atoms with Gasteiger partial charge in [0.15, 0.2) is 0 Å². The molecule has 2 rings (SSSR count). The van der Waals surface area contributed by atoms with E-state index in [0.29, 0.717) is 19.0 Å². The molecule has 1 aliphatic rings. The van der Waals surface area contributed by atoms with Gasteiger partial charge in [-0.25, -0.2) is 0 Å². The summed E-state index contributed by atoms with van der Waals surface area (Å²) in [7, 11) is 1.68. The Labute approximate surface area is 149 Å². The number of benzene rings is 1. The molecule has 1 aromatic rings. The van der Waals surface area contributed by atoms with Gasteiger partial charge in [-0.05, 0) is 50.1 Å². The van der Waals surface area contributed by atoms with Crippen molar-refractivity contribution in [3.63, 3.8) is 0 Å². The lowest BCUT2D eigenvalue weighted by Crippen LogP contribution is -2.35. The maximum absolute atomic E-state index is 12.4. The number of nitrogens with zero attached hydrogens (tertiary/aromatic N) is 1. The molecule has 5 nitrogen and oxygen atoms in total. The van der Waals surface area contributed by atoms with E-state index in [4.69, 9.17) is 4.74 Å². The van der Waals surface area contributed by atoms with Crippen LogP contribution in [0.25, 0.3) is 5.57 Å². The van der Waals surface area contributed by atoms with Crippen LogP contribution in [0, 0.1) is 5.92 Å². The largest absolute Gasteiger partial charge is 0.494 e. The summed E-state index contributed by atoms with van der Waals surface area (Å²) in [6, 6.07) is 7.90. The zero-order valence-corrected chi connectivity index (χ0v) is 15.4. The maximum Gasteiger partial charge on any atom is 0.230 e. The van der Waals surface area contributed by atoms with Gasteiger partial charge in [0, 0.05) is 25.7 Å². The second kappa shape index (κ2) is 9.06. The number of hydrogen-bond donors (Lipinski definition) is 2. The highest BCUT2D eigenvalue weighted by molar-refractivity contribution is 6.08. The molecule has 0 aliphatic carbocycles. The van der Waals surface area contributed by atoms with Crippen molar-refractivity contribution in [1.29, 1.82) is 0 Å². The topological polar surface area (TPSA) is 62.7 Å². The van der Waals surface area contributed by atoms with Crippen LogP contribution in [0.2, 0.25) is 0 Å². The fraction of sp³-hybridized carbons (Fsp3) is 0.400. The van der Waals surface area contributed by atoms with Crippen molar-refractivity contribution in [2.75, 3.05) is 20.2 Å². The Morgan fingerprint density at radius 2 is 2.28 bits per heavy atom. The summed E-state index contributed by atoms with van der Waals surface area (Å²) in [5, 5.41) is 6.17. The van der Waals surface area contributed by atoms with Gasteiger partial charge in [-0.2, -0.15) is 0 Å². The van der Waals surface area contributed by atoms with Crippen LogP contribution in [-0.2, 0) is 4.79 Å². The van der Waals surface area contributed by atoms with Crippen molar-refractivity contribution in [2.24, 2.45) is 10.9 Å². The third kappa shape index (κ3) is 5.21. The van der Waals surface area contributed by atoms with E-state index in [1.54, 1.807) is 7.05 Å². The Bertz CT molecular complexity index is 705. The highest BCUT2D eigenvalue weighted by atomic mass is 16.5. The SMILES string of the molecule is C/C=C1\CC(C(=O)NC(/C=C(\C)c2cccc(OCC)c2)=NC)CN1. The van der Waals surface area contributed by atoms with E-state index in [2.05, 4.69) is 15.6 Å². The summed E-state index contributed by atoms with van der Waals surface area (Å²) in [5.41, 5.74) is 3.18. The van der Waals surface area contributed by atoms with Crippen molar-refractivity contribution in [3.8, 4) is 5.75 Å². The van der Waals surface area contributed by atoms with Gasteiger partial charge in [-0.3, -0.25) is 9.79 Å². The lowest BCUT2D eigenvalue weighted by molar-refractivity contribution is -0.122. The second-order valence-electron chi connectivity index (χ2n) is 5.98. The average molecular weight is 341 g/mol. The van der Waals surface area contributed by atoms with Crippen molar-refractivity contribution in [3.05, 3.63) is 47.7 Å². The van der Waals surface area contributed by atoms with E-state index < -0.39 is 0 Å². The molecular formula is C20H27N3O2. The van der Waals surface area contributed by atoms with Crippen molar-refractivity contribution < 1.29 is 9.53 Å². The number of amidine groups is 1. The Morgan fingerprint density at radius 3 is 2.92 bits per heavy atom. The van der Waals surface area contributed by atoms with E-state index in [0.717, 1.165) is 29.0 Å². The molecule has 1 heterocycles. The molecule has 1 fully saturated rings. The summed E-state index contributed by atoms with van der Waals surface area (Å²) >= 11 is 0. The summed E-state index contributed by atoms with van der Waals surface area (Å²) < 4.78 is 5.54. The number of nitrogens with one attached hydrogen (secondary N) is 2. The first-order chi connectivity index (χ1) is 12.1. The number of hydrogen-bond acceptors (Lipinski definition) is 4. The smallest absolute Gasteiger partial charge is 0.230 e. The van der Waals surface area contributed by atoms with Gasteiger partial charge in [0.2, 0.25) is 5.91 Å². The van der Waals surface area contributed by atoms with Gasteiger partial charge in [0.25, 0.3) is 0 Å². The van der Waals surface area contributed by atoms with E-state index in [1.165, 1.54) is 0 Å². The van der Waals surface area contributed by atoms with Gasteiger partial charge in [0.1, 0.15) is 11.6 Å². The molecule has 2 N–H and O–H groups in total. The molecule has 0 bridgehead atoms. The molecule has 1 atom stereocenters. The minimum absolute atomic E-state index is 0.00272. The number of carbonyl (C=O) groups excluding carboxylic acids is 1. The Kier molecular flexibility index (Phi) is 6.81. The summed E-state index contributed by atoms with van der Waals surface area (Å²) in [5.74, 6) is 1.34. The maximum atomic E-state index is 12.4. The number of ether oxygens (including phenoxy) is 1. The van der Waals surface area contributed by atoms with Gasteiger partial charge in [-0.15, -0.1) is 0 Å². The predicted octanol–water partition coefficient (Wildman–Crippen LogP) is 3.15. The van der Waals surface area contributed by atoms with Crippen LogP contribution in [0.4, 0.5) is 0 Å². The Morgan fingerprint density at radius 1 is 1.48 bits per heavy atom. The van der Waals surface area contributed by atoms with Crippen LogP contribution in [0.3, 0.4) is 0 Å². The number of allylic oxidation sites excluding steroid dienone is 3. The Hall–Kier alpha value is -2.56. The highest BCUT2D eigenvalue weighted by Crippen LogP contribution is 2.20. The lowest BCUT2D eigenvalue weighted by atomic mass is 10.1. The van der Waals surface area contributed by atoms with E-state index in [1.807, 2.05) is 57.2 Å². The first-order valence-electron chi connectivity index (χ1n) is 8.65. The zero-order valence-electron chi connectivity index (χ0n) is 15.4. The molecular weight excluding hydrogens is 314 g/mol. The molecule has 1 unspecified atom stereocenters. The van der Waals surface area contributed by atoms with E-state index >= 15 is 0 Å². The Balaban J connectivity index is 2.06. The number of amides is 1. The molecule has 1 aromatic carbocycles. The van der Waals surface area contributed by atoms with Crippen molar-refractivity contribution in [2.45, 2.75) is 27.2 Å². The third-order valence-electron chi connectivity index (χ3n) is 4.21. The van der Waals surface area contributed by atoms with Gasteiger partial charge >= 0.3 is 0 Å². The molecule has 1 aliphatic heterocycles. The quantitative estimate of drug-likeness (QED) is 0.639.